The largest absolute Gasteiger partial charge is 0.394 e. The van der Waals surface area contributed by atoms with E-state index in [1.54, 1.807) is 24.3 Å². The SMILES string of the molecule is CCC(CO)Nc1ccc(S(C)(=O)=O)cc1. The van der Waals surface area contributed by atoms with Gasteiger partial charge in [0.1, 0.15) is 0 Å². The molecule has 2 N–H and O–H groups in total. The fraction of sp³-hybridized carbons (Fsp3) is 0.455. The van der Waals surface area contributed by atoms with Crippen molar-refractivity contribution < 1.29 is 13.5 Å². The van der Waals surface area contributed by atoms with Crippen molar-refractivity contribution >= 4 is 15.5 Å². The van der Waals surface area contributed by atoms with Gasteiger partial charge in [-0.15, -0.1) is 0 Å². The zero-order valence-electron chi connectivity index (χ0n) is 9.47. The smallest absolute Gasteiger partial charge is 0.175 e. The molecule has 4 nitrogen and oxygen atoms in total. The van der Waals surface area contributed by atoms with Gasteiger partial charge in [0, 0.05) is 18.0 Å². The van der Waals surface area contributed by atoms with Crippen molar-refractivity contribution in [1.29, 1.82) is 0 Å². The quantitative estimate of drug-likeness (QED) is 0.817. The summed E-state index contributed by atoms with van der Waals surface area (Å²) < 4.78 is 22.4. The van der Waals surface area contributed by atoms with Gasteiger partial charge in [0.15, 0.2) is 9.84 Å². The highest BCUT2D eigenvalue weighted by Gasteiger charge is 2.07. The Kier molecular flexibility index (Phi) is 4.32. The molecule has 0 fully saturated rings. The summed E-state index contributed by atoms with van der Waals surface area (Å²) in [5, 5.41) is 12.1. The van der Waals surface area contributed by atoms with Gasteiger partial charge in [0.25, 0.3) is 0 Å². The number of anilines is 1. The minimum absolute atomic E-state index is 0.00378. The van der Waals surface area contributed by atoms with E-state index < -0.39 is 9.84 Å². The molecule has 5 heteroatoms. The number of aliphatic hydroxyl groups is 1. The summed E-state index contributed by atoms with van der Waals surface area (Å²) in [6.07, 6.45) is 1.99. The van der Waals surface area contributed by atoms with Crippen molar-refractivity contribution in [2.45, 2.75) is 24.3 Å². The van der Waals surface area contributed by atoms with Crippen molar-refractivity contribution in [3.63, 3.8) is 0 Å². The molecular weight excluding hydrogens is 226 g/mol. The van der Waals surface area contributed by atoms with Crippen molar-refractivity contribution in [2.75, 3.05) is 18.2 Å². The second kappa shape index (κ2) is 5.32. The van der Waals surface area contributed by atoms with Gasteiger partial charge in [-0.3, -0.25) is 0 Å². The highest BCUT2D eigenvalue weighted by molar-refractivity contribution is 7.90. The summed E-state index contributed by atoms with van der Waals surface area (Å²) in [5.41, 5.74) is 0.813. The molecule has 0 aliphatic rings. The van der Waals surface area contributed by atoms with Crippen LogP contribution in [0.5, 0.6) is 0 Å². The average molecular weight is 243 g/mol. The molecule has 16 heavy (non-hydrogen) atoms. The average Bonchev–Trinajstić information content (AvgIpc) is 2.25. The molecule has 0 radical (unpaired) electrons. The molecule has 0 bridgehead atoms. The molecule has 0 amide bonds. The Labute approximate surface area is 96.2 Å². The van der Waals surface area contributed by atoms with Crippen LogP contribution >= 0.6 is 0 Å². The maximum absolute atomic E-state index is 11.2. The first-order chi connectivity index (χ1) is 7.47. The minimum atomic E-state index is -3.14. The first-order valence-corrected chi connectivity index (χ1v) is 7.04. The molecule has 1 aromatic carbocycles. The van der Waals surface area contributed by atoms with Gasteiger partial charge < -0.3 is 10.4 Å². The summed E-state index contributed by atoms with van der Waals surface area (Å²) in [5.74, 6) is 0. The summed E-state index contributed by atoms with van der Waals surface area (Å²) in [6.45, 7) is 2.03. The van der Waals surface area contributed by atoms with E-state index in [-0.39, 0.29) is 12.6 Å². The third-order valence-electron chi connectivity index (χ3n) is 2.37. The maximum atomic E-state index is 11.2. The minimum Gasteiger partial charge on any atom is -0.394 e. The molecule has 0 saturated heterocycles. The first-order valence-electron chi connectivity index (χ1n) is 5.15. The van der Waals surface area contributed by atoms with E-state index in [2.05, 4.69) is 5.32 Å². The molecule has 0 aliphatic carbocycles. The Morgan fingerprint density at radius 1 is 1.31 bits per heavy atom. The fourth-order valence-corrected chi connectivity index (χ4v) is 1.94. The van der Waals surface area contributed by atoms with E-state index in [4.69, 9.17) is 5.11 Å². The Hall–Kier alpha value is -1.07. The predicted molar refractivity (Wildman–Crippen MR) is 64.3 cm³/mol. The van der Waals surface area contributed by atoms with Crippen LogP contribution in [0, 0.1) is 0 Å². The Balaban J connectivity index is 2.80. The Bertz CT molecular complexity index is 421. The van der Waals surface area contributed by atoms with Crippen LogP contribution in [0.3, 0.4) is 0 Å². The number of hydrogen-bond acceptors (Lipinski definition) is 4. The van der Waals surface area contributed by atoms with Crippen LogP contribution in [0.2, 0.25) is 0 Å². The van der Waals surface area contributed by atoms with Crippen molar-refractivity contribution in [1.82, 2.24) is 0 Å². The van der Waals surface area contributed by atoms with Crippen molar-refractivity contribution in [3.8, 4) is 0 Å². The van der Waals surface area contributed by atoms with E-state index in [9.17, 15) is 8.42 Å². The maximum Gasteiger partial charge on any atom is 0.175 e. The van der Waals surface area contributed by atoms with Gasteiger partial charge in [-0.25, -0.2) is 8.42 Å². The normalized spacial score (nSPS) is 13.4. The Morgan fingerprint density at radius 3 is 2.25 bits per heavy atom. The highest BCUT2D eigenvalue weighted by Crippen LogP contribution is 2.15. The number of hydrogen-bond donors (Lipinski definition) is 2. The lowest BCUT2D eigenvalue weighted by Gasteiger charge is -2.15. The predicted octanol–water partition coefficient (Wildman–Crippen LogP) is 1.27. The summed E-state index contributed by atoms with van der Waals surface area (Å²) >= 11 is 0. The summed E-state index contributed by atoms with van der Waals surface area (Å²) in [4.78, 5) is 0.301. The van der Waals surface area contributed by atoms with Crippen molar-refractivity contribution in [2.24, 2.45) is 0 Å². The van der Waals surface area contributed by atoms with Gasteiger partial charge in [-0.1, -0.05) is 6.92 Å². The molecule has 90 valence electrons. The van der Waals surface area contributed by atoms with E-state index >= 15 is 0 Å². The number of nitrogens with one attached hydrogen (secondary N) is 1. The van der Waals surface area contributed by atoms with Crippen molar-refractivity contribution in [3.05, 3.63) is 24.3 Å². The zero-order valence-corrected chi connectivity index (χ0v) is 10.3. The summed E-state index contributed by atoms with van der Waals surface area (Å²) in [7, 11) is -3.14. The topological polar surface area (TPSA) is 66.4 Å². The van der Waals surface area contributed by atoms with Crippen LogP contribution in [-0.4, -0.2) is 32.4 Å². The molecule has 0 aliphatic heterocycles. The second-order valence-electron chi connectivity index (χ2n) is 3.73. The van der Waals surface area contributed by atoms with Crippen LogP contribution in [0.15, 0.2) is 29.2 Å². The number of benzene rings is 1. The Morgan fingerprint density at radius 2 is 1.88 bits per heavy atom. The van der Waals surface area contributed by atoms with Crippen LogP contribution in [0.4, 0.5) is 5.69 Å². The van der Waals surface area contributed by atoms with Gasteiger partial charge in [-0.05, 0) is 30.7 Å². The second-order valence-corrected chi connectivity index (χ2v) is 5.74. The zero-order chi connectivity index (χ0) is 12.2. The molecule has 0 saturated carbocycles. The fourth-order valence-electron chi connectivity index (χ4n) is 1.31. The highest BCUT2D eigenvalue weighted by atomic mass is 32.2. The van der Waals surface area contributed by atoms with Gasteiger partial charge in [-0.2, -0.15) is 0 Å². The van der Waals surface area contributed by atoms with Crippen LogP contribution < -0.4 is 5.32 Å². The number of rotatable bonds is 5. The number of sulfone groups is 1. The lowest BCUT2D eigenvalue weighted by atomic mass is 10.2. The molecular formula is C11H17NO3S. The number of aliphatic hydroxyl groups excluding tert-OH is 1. The van der Waals surface area contributed by atoms with Crippen LogP contribution in [-0.2, 0) is 9.84 Å². The molecule has 0 heterocycles. The molecule has 0 aromatic heterocycles. The van der Waals surface area contributed by atoms with E-state index in [0.29, 0.717) is 4.90 Å². The van der Waals surface area contributed by atoms with Gasteiger partial charge in [0.05, 0.1) is 11.5 Å². The monoisotopic (exact) mass is 243 g/mol. The van der Waals surface area contributed by atoms with Crippen LogP contribution in [0.25, 0.3) is 0 Å². The standard InChI is InChI=1S/C11H17NO3S/c1-3-9(8-13)12-10-4-6-11(7-5-10)16(2,14)15/h4-7,9,12-13H,3,8H2,1-2H3. The molecule has 1 aromatic rings. The third-order valence-corrected chi connectivity index (χ3v) is 3.49. The molecule has 1 rings (SSSR count). The van der Waals surface area contributed by atoms with E-state index in [0.717, 1.165) is 12.1 Å². The third kappa shape index (κ3) is 3.50. The van der Waals surface area contributed by atoms with Gasteiger partial charge >= 0.3 is 0 Å². The lowest BCUT2D eigenvalue weighted by molar-refractivity contribution is 0.272. The molecule has 1 unspecified atom stereocenters. The van der Waals surface area contributed by atoms with E-state index in [1.807, 2.05) is 6.92 Å². The molecule has 0 spiro atoms. The molecule has 1 atom stereocenters. The lowest BCUT2D eigenvalue weighted by Crippen LogP contribution is -2.22. The van der Waals surface area contributed by atoms with Gasteiger partial charge in [0.2, 0.25) is 0 Å². The summed E-state index contributed by atoms with van der Waals surface area (Å²) in [6, 6.07) is 6.52. The first kappa shape index (κ1) is 13.0. The van der Waals surface area contributed by atoms with E-state index in [1.165, 1.54) is 6.26 Å². The van der Waals surface area contributed by atoms with Crippen LogP contribution in [0.1, 0.15) is 13.3 Å².